The molecule has 2 heterocycles. The van der Waals surface area contributed by atoms with Crippen LogP contribution in [0.3, 0.4) is 0 Å². The molecule has 0 atom stereocenters. The minimum absolute atomic E-state index is 0.564. The summed E-state index contributed by atoms with van der Waals surface area (Å²) in [4.78, 5) is 4.54. The molecule has 1 aliphatic carbocycles. The largest absolute Gasteiger partial charge is 0.381 e. The topological polar surface area (TPSA) is 69.6 Å². The summed E-state index contributed by atoms with van der Waals surface area (Å²) < 4.78 is 1.90. The molecule has 0 aromatic carbocycles. The van der Waals surface area contributed by atoms with Gasteiger partial charge in [-0.15, -0.1) is 16.4 Å². The third kappa shape index (κ3) is 2.04. The first kappa shape index (κ1) is 10.7. The predicted molar refractivity (Wildman–Crippen MR) is 67.0 cm³/mol. The van der Waals surface area contributed by atoms with E-state index in [1.54, 1.807) is 11.3 Å². The Morgan fingerprint density at radius 2 is 2.35 bits per heavy atom. The van der Waals surface area contributed by atoms with Crippen molar-refractivity contribution in [3.8, 4) is 0 Å². The molecular formula is C11H15N5S. The monoisotopic (exact) mass is 249 g/mol. The van der Waals surface area contributed by atoms with Crippen molar-refractivity contribution in [1.82, 2.24) is 20.0 Å². The molecule has 0 saturated heterocycles. The molecule has 5 nitrogen and oxygen atoms in total. The average Bonchev–Trinajstić information content (AvgIpc) is 2.94. The number of rotatable bonds is 4. The minimum atomic E-state index is 0.564. The quantitative estimate of drug-likeness (QED) is 0.897. The molecule has 2 aromatic heterocycles. The summed E-state index contributed by atoms with van der Waals surface area (Å²) in [7, 11) is 0. The summed E-state index contributed by atoms with van der Waals surface area (Å²) >= 11 is 1.70. The van der Waals surface area contributed by atoms with Gasteiger partial charge in [-0.05, 0) is 19.3 Å². The van der Waals surface area contributed by atoms with Crippen LogP contribution in [0.25, 0.3) is 0 Å². The van der Waals surface area contributed by atoms with Gasteiger partial charge >= 0.3 is 0 Å². The number of aromatic nitrogens is 4. The van der Waals surface area contributed by atoms with Crippen molar-refractivity contribution in [3.05, 3.63) is 21.8 Å². The Kier molecular flexibility index (Phi) is 2.58. The first-order valence-electron chi connectivity index (χ1n) is 5.90. The fourth-order valence-electron chi connectivity index (χ4n) is 1.96. The van der Waals surface area contributed by atoms with E-state index in [1.807, 2.05) is 4.68 Å². The van der Waals surface area contributed by atoms with Crippen LogP contribution >= 0.6 is 11.3 Å². The number of nitrogen functional groups attached to an aromatic ring is 1. The van der Waals surface area contributed by atoms with Gasteiger partial charge < -0.3 is 5.73 Å². The van der Waals surface area contributed by atoms with Gasteiger partial charge in [-0.1, -0.05) is 12.1 Å². The highest BCUT2D eigenvalue weighted by atomic mass is 32.1. The molecule has 3 rings (SSSR count). The lowest BCUT2D eigenvalue weighted by Crippen LogP contribution is -2.07. The van der Waals surface area contributed by atoms with Crippen LogP contribution in [-0.2, 0) is 13.0 Å². The highest BCUT2D eigenvalue weighted by molar-refractivity contribution is 7.09. The molecule has 1 fully saturated rings. The number of aryl methyl sites for hydroxylation is 1. The fraction of sp³-hybridized carbons (Fsp3) is 0.545. The maximum Gasteiger partial charge on any atom is 0.169 e. The first-order chi connectivity index (χ1) is 8.28. The second-order valence-electron chi connectivity index (χ2n) is 4.38. The lowest BCUT2D eigenvalue weighted by atomic mass is 10.3. The molecule has 0 unspecified atom stereocenters. The fourth-order valence-corrected chi connectivity index (χ4v) is 2.70. The molecule has 17 heavy (non-hydrogen) atoms. The highest BCUT2D eigenvalue weighted by Gasteiger charge is 2.30. The number of hydrogen-bond donors (Lipinski definition) is 1. The van der Waals surface area contributed by atoms with Crippen LogP contribution in [0.1, 0.15) is 42.1 Å². The number of anilines is 1. The van der Waals surface area contributed by atoms with E-state index in [1.165, 1.54) is 17.8 Å². The van der Waals surface area contributed by atoms with E-state index in [0.717, 1.165) is 17.8 Å². The van der Waals surface area contributed by atoms with Crippen LogP contribution in [0, 0.1) is 0 Å². The summed E-state index contributed by atoms with van der Waals surface area (Å²) in [5.74, 6) is 1.15. The second kappa shape index (κ2) is 4.10. The van der Waals surface area contributed by atoms with Gasteiger partial charge in [0, 0.05) is 11.3 Å². The first-order valence-corrected chi connectivity index (χ1v) is 6.78. The summed E-state index contributed by atoms with van der Waals surface area (Å²) in [5.41, 5.74) is 8.00. The van der Waals surface area contributed by atoms with E-state index in [2.05, 4.69) is 27.6 Å². The molecule has 0 amide bonds. The summed E-state index contributed by atoms with van der Waals surface area (Å²) in [6.07, 6.45) is 3.39. The number of thiazole rings is 1. The van der Waals surface area contributed by atoms with E-state index in [0.29, 0.717) is 18.3 Å². The van der Waals surface area contributed by atoms with Gasteiger partial charge in [-0.3, -0.25) is 0 Å². The van der Waals surface area contributed by atoms with Crippen molar-refractivity contribution in [2.75, 3.05) is 5.73 Å². The number of hydrogen-bond acceptors (Lipinski definition) is 5. The van der Waals surface area contributed by atoms with Crippen molar-refractivity contribution in [2.45, 2.75) is 38.6 Å². The Bertz CT molecular complexity index is 526. The predicted octanol–water partition coefficient (Wildman–Crippen LogP) is 1.80. The molecule has 2 N–H and O–H groups in total. The average molecular weight is 249 g/mol. The van der Waals surface area contributed by atoms with Crippen LogP contribution < -0.4 is 5.73 Å². The third-order valence-electron chi connectivity index (χ3n) is 2.98. The van der Waals surface area contributed by atoms with E-state index in [9.17, 15) is 0 Å². The van der Waals surface area contributed by atoms with E-state index in [4.69, 9.17) is 5.73 Å². The molecule has 0 bridgehead atoms. The zero-order valence-electron chi connectivity index (χ0n) is 9.76. The molecule has 6 heteroatoms. The normalized spacial score (nSPS) is 15.4. The molecule has 2 aromatic rings. The Morgan fingerprint density at radius 1 is 1.53 bits per heavy atom. The second-order valence-corrected chi connectivity index (χ2v) is 5.32. The Labute approximate surface area is 104 Å². The van der Waals surface area contributed by atoms with Gasteiger partial charge in [-0.25, -0.2) is 9.67 Å². The van der Waals surface area contributed by atoms with Gasteiger partial charge in [0.2, 0.25) is 0 Å². The maximum atomic E-state index is 5.86. The molecule has 1 saturated carbocycles. The van der Waals surface area contributed by atoms with Gasteiger partial charge in [0.15, 0.2) is 5.82 Å². The van der Waals surface area contributed by atoms with Crippen LogP contribution in [0.4, 0.5) is 5.82 Å². The molecule has 90 valence electrons. The standard InChI is InChI=1S/C11H15N5S/c1-2-9-13-8(6-17-9)5-16-10(7-3-4-7)11(12)14-15-16/h6-7H,2-5,12H2,1H3. The highest BCUT2D eigenvalue weighted by Crippen LogP contribution is 2.42. The lowest BCUT2D eigenvalue weighted by molar-refractivity contribution is 0.611. The summed E-state index contributed by atoms with van der Waals surface area (Å²) in [5, 5.41) is 11.3. The van der Waals surface area contributed by atoms with E-state index in [-0.39, 0.29) is 0 Å². The smallest absolute Gasteiger partial charge is 0.169 e. The van der Waals surface area contributed by atoms with Gasteiger partial charge in [0.1, 0.15) is 0 Å². The molecule has 0 radical (unpaired) electrons. The Balaban J connectivity index is 1.84. The van der Waals surface area contributed by atoms with Crippen molar-refractivity contribution in [1.29, 1.82) is 0 Å². The van der Waals surface area contributed by atoms with Crippen LogP contribution in [0.15, 0.2) is 5.38 Å². The zero-order chi connectivity index (χ0) is 11.8. The maximum absolute atomic E-state index is 5.86. The van der Waals surface area contributed by atoms with Crippen LogP contribution in [0.5, 0.6) is 0 Å². The van der Waals surface area contributed by atoms with Crippen LogP contribution in [0.2, 0.25) is 0 Å². The lowest BCUT2D eigenvalue weighted by Gasteiger charge is -2.03. The van der Waals surface area contributed by atoms with Crippen molar-refractivity contribution in [2.24, 2.45) is 0 Å². The zero-order valence-corrected chi connectivity index (χ0v) is 10.6. The SMILES string of the molecule is CCc1nc(Cn2nnc(N)c2C2CC2)cs1. The molecular weight excluding hydrogens is 234 g/mol. The van der Waals surface area contributed by atoms with Gasteiger partial charge in [-0.2, -0.15) is 0 Å². The van der Waals surface area contributed by atoms with E-state index >= 15 is 0 Å². The minimum Gasteiger partial charge on any atom is -0.381 e. The van der Waals surface area contributed by atoms with Crippen molar-refractivity contribution in [3.63, 3.8) is 0 Å². The molecule has 0 aliphatic heterocycles. The van der Waals surface area contributed by atoms with Gasteiger partial charge in [0.05, 0.1) is 22.9 Å². The number of nitrogens with two attached hydrogens (primary N) is 1. The summed E-state index contributed by atoms with van der Waals surface area (Å²) in [6.45, 7) is 2.80. The third-order valence-corrected chi connectivity index (χ3v) is 4.02. The summed E-state index contributed by atoms with van der Waals surface area (Å²) in [6, 6.07) is 0. The Morgan fingerprint density at radius 3 is 3.00 bits per heavy atom. The molecule has 0 spiro atoms. The van der Waals surface area contributed by atoms with Crippen molar-refractivity contribution >= 4 is 17.2 Å². The van der Waals surface area contributed by atoms with E-state index < -0.39 is 0 Å². The number of nitrogens with zero attached hydrogens (tertiary/aromatic N) is 4. The Hall–Kier alpha value is -1.43. The van der Waals surface area contributed by atoms with Crippen molar-refractivity contribution < 1.29 is 0 Å². The van der Waals surface area contributed by atoms with Crippen LogP contribution in [-0.4, -0.2) is 20.0 Å². The van der Waals surface area contributed by atoms with Gasteiger partial charge in [0.25, 0.3) is 0 Å². The molecule has 1 aliphatic rings.